The Kier molecular flexibility index (Phi) is 4.04. The Balaban J connectivity index is 3.71. The minimum atomic E-state index is -6.71. The maximum Gasteiger partial charge on any atom is 0.457 e. The highest BCUT2D eigenvalue weighted by Crippen LogP contribution is 2.58. The van der Waals surface area contributed by atoms with Gasteiger partial charge in [0.15, 0.2) is 0 Å². The molecule has 0 saturated heterocycles. The lowest BCUT2D eigenvalue weighted by Crippen LogP contribution is -2.59. The molecule has 1 atom stereocenters. The molecule has 0 nitrogen and oxygen atoms in total. The fourth-order valence-electron chi connectivity index (χ4n) is 1.81. The molecule has 0 aliphatic rings. The Bertz CT molecular complexity index is 506. The smallest absolute Gasteiger partial charge is 0.221 e. The fraction of sp³-hybridized carbons (Fsp3) is 0.500. The minimum Gasteiger partial charge on any atom is -0.221 e. The summed E-state index contributed by atoms with van der Waals surface area (Å²) >= 11 is 0. The third-order valence-electron chi connectivity index (χ3n) is 2.72. The summed E-state index contributed by atoms with van der Waals surface area (Å²) in [4.78, 5) is 0. The number of hydrogen-bond acceptors (Lipinski definition) is 0. The van der Waals surface area contributed by atoms with Gasteiger partial charge in [0.05, 0.1) is 0 Å². The van der Waals surface area contributed by atoms with Gasteiger partial charge in [-0.2, -0.15) is 35.1 Å². The van der Waals surface area contributed by atoms with Gasteiger partial charge in [0.25, 0.3) is 0 Å². The van der Waals surface area contributed by atoms with Crippen LogP contribution in [0.2, 0.25) is 0 Å². The molecule has 0 bridgehead atoms. The SMILES string of the molecule is Cc1[c]c(C)cc(C(F)(C(F)(F)F)C(F)(F)C(F)(F)F)c1. The Morgan fingerprint density at radius 1 is 0.714 bits per heavy atom. The van der Waals surface area contributed by atoms with E-state index in [0.29, 0.717) is 0 Å². The van der Waals surface area contributed by atoms with Crippen LogP contribution >= 0.6 is 0 Å². The third kappa shape index (κ3) is 2.69. The molecule has 9 heteroatoms. The Labute approximate surface area is 113 Å². The van der Waals surface area contributed by atoms with Crippen molar-refractivity contribution in [2.45, 2.75) is 37.8 Å². The van der Waals surface area contributed by atoms with Crippen LogP contribution in [-0.2, 0) is 5.67 Å². The molecule has 0 amide bonds. The third-order valence-corrected chi connectivity index (χ3v) is 2.72. The van der Waals surface area contributed by atoms with E-state index in [-0.39, 0.29) is 23.3 Å². The van der Waals surface area contributed by atoms with Gasteiger partial charge in [0, 0.05) is 5.56 Å². The lowest BCUT2D eigenvalue weighted by atomic mass is 9.86. The maximum absolute atomic E-state index is 14.1. The molecule has 0 saturated carbocycles. The van der Waals surface area contributed by atoms with Gasteiger partial charge in [0.1, 0.15) is 0 Å². The molecule has 1 rings (SSSR count). The summed E-state index contributed by atoms with van der Waals surface area (Å²) in [6.45, 7) is 2.19. The van der Waals surface area contributed by atoms with Gasteiger partial charge >= 0.3 is 23.9 Å². The van der Waals surface area contributed by atoms with Crippen LogP contribution in [0.5, 0.6) is 0 Å². The molecule has 1 aromatic carbocycles. The first-order chi connectivity index (χ1) is 9.14. The van der Waals surface area contributed by atoms with Crippen molar-refractivity contribution in [1.29, 1.82) is 0 Å². The molecule has 1 aromatic rings. The second-order valence-corrected chi connectivity index (χ2v) is 4.46. The van der Waals surface area contributed by atoms with Crippen molar-refractivity contribution in [2.24, 2.45) is 0 Å². The first-order valence-electron chi connectivity index (χ1n) is 5.36. The van der Waals surface area contributed by atoms with Gasteiger partial charge in [-0.1, -0.05) is 12.1 Å². The highest BCUT2D eigenvalue weighted by atomic mass is 19.4. The van der Waals surface area contributed by atoms with Crippen LogP contribution in [0.4, 0.5) is 39.5 Å². The largest absolute Gasteiger partial charge is 0.457 e. The topological polar surface area (TPSA) is 0 Å². The summed E-state index contributed by atoms with van der Waals surface area (Å²) in [5, 5.41) is 0. The number of hydrogen-bond donors (Lipinski definition) is 0. The zero-order chi connectivity index (χ0) is 16.9. The maximum atomic E-state index is 14.1. The van der Waals surface area contributed by atoms with Crippen molar-refractivity contribution in [1.82, 2.24) is 0 Å². The molecule has 0 aliphatic heterocycles. The molecule has 0 heterocycles. The zero-order valence-electron chi connectivity index (χ0n) is 10.6. The van der Waals surface area contributed by atoms with Crippen molar-refractivity contribution < 1.29 is 39.5 Å². The molecule has 1 radical (unpaired) electrons. The van der Waals surface area contributed by atoms with Crippen molar-refractivity contribution in [3.8, 4) is 0 Å². The van der Waals surface area contributed by atoms with Gasteiger partial charge < -0.3 is 0 Å². The van der Waals surface area contributed by atoms with E-state index in [0.717, 1.165) is 13.8 Å². The number of rotatable bonds is 2. The van der Waals surface area contributed by atoms with Crippen LogP contribution in [0, 0.1) is 19.9 Å². The fourth-order valence-corrected chi connectivity index (χ4v) is 1.81. The second kappa shape index (κ2) is 4.81. The lowest BCUT2D eigenvalue weighted by Gasteiger charge is -2.36. The summed E-state index contributed by atoms with van der Waals surface area (Å²) in [5.41, 5.74) is -8.10. The van der Waals surface area contributed by atoms with E-state index < -0.39 is 29.5 Å². The van der Waals surface area contributed by atoms with Crippen molar-refractivity contribution in [3.05, 3.63) is 34.9 Å². The van der Waals surface area contributed by atoms with Gasteiger partial charge in [-0.15, -0.1) is 0 Å². The normalized spacial score (nSPS) is 16.7. The predicted molar refractivity (Wildman–Crippen MR) is 54.6 cm³/mol. The van der Waals surface area contributed by atoms with Crippen LogP contribution in [-0.4, -0.2) is 18.3 Å². The number of alkyl halides is 9. The molecular formula is C12H8F9. The molecule has 0 aromatic heterocycles. The quantitative estimate of drug-likeness (QED) is 0.670. The molecule has 21 heavy (non-hydrogen) atoms. The zero-order valence-corrected chi connectivity index (χ0v) is 10.6. The summed E-state index contributed by atoms with van der Waals surface area (Å²) in [6.07, 6.45) is -13.2. The standard InChI is InChI=1S/C12H8F9/c1-6-3-7(2)5-8(4-6)9(13,11(16,17)18)10(14,15)12(19,20)21/h4-5H,1-2H3. The van der Waals surface area contributed by atoms with Gasteiger partial charge in [-0.05, 0) is 31.0 Å². The van der Waals surface area contributed by atoms with Crippen molar-refractivity contribution in [3.63, 3.8) is 0 Å². The molecular weight excluding hydrogens is 315 g/mol. The Morgan fingerprint density at radius 3 is 1.38 bits per heavy atom. The van der Waals surface area contributed by atoms with Crippen LogP contribution in [0.1, 0.15) is 16.7 Å². The van der Waals surface area contributed by atoms with Crippen LogP contribution in [0.3, 0.4) is 0 Å². The molecule has 0 spiro atoms. The molecule has 119 valence electrons. The first-order valence-corrected chi connectivity index (χ1v) is 5.36. The molecule has 1 unspecified atom stereocenters. The highest BCUT2D eigenvalue weighted by molar-refractivity contribution is 5.35. The molecule has 0 fully saturated rings. The van der Waals surface area contributed by atoms with E-state index in [1.165, 1.54) is 0 Å². The van der Waals surface area contributed by atoms with E-state index in [1.807, 2.05) is 0 Å². The number of aryl methyl sites for hydroxylation is 2. The number of halogens is 9. The van der Waals surface area contributed by atoms with E-state index in [1.54, 1.807) is 0 Å². The van der Waals surface area contributed by atoms with Crippen LogP contribution < -0.4 is 0 Å². The highest BCUT2D eigenvalue weighted by Gasteiger charge is 2.81. The Hall–Kier alpha value is -1.41. The summed E-state index contributed by atoms with van der Waals surface area (Å²) in [6, 6.07) is 2.89. The van der Waals surface area contributed by atoms with E-state index in [4.69, 9.17) is 0 Å². The molecule has 0 aliphatic carbocycles. The predicted octanol–water partition coefficient (Wildman–Crippen LogP) is 5.03. The van der Waals surface area contributed by atoms with Gasteiger partial charge in [0.2, 0.25) is 0 Å². The van der Waals surface area contributed by atoms with E-state index in [2.05, 4.69) is 6.07 Å². The second-order valence-electron chi connectivity index (χ2n) is 4.46. The monoisotopic (exact) mass is 323 g/mol. The summed E-state index contributed by atoms with van der Waals surface area (Å²) < 4.78 is 115. The van der Waals surface area contributed by atoms with E-state index in [9.17, 15) is 39.5 Å². The summed E-state index contributed by atoms with van der Waals surface area (Å²) in [5.74, 6) is -6.64. The van der Waals surface area contributed by atoms with Gasteiger partial charge in [-0.3, -0.25) is 0 Å². The van der Waals surface area contributed by atoms with Gasteiger partial charge in [-0.25, -0.2) is 4.39 Å². The lowest BCUT2D eigenvalue weighted by molar-refractivity contribution is -0.389. The first kappa shape index (κ1) is 17.6. The number of benzene rings is 1. The van der Waals surface area contributed by atoms with Crippen LogP contribution in [0.15, 0.2) is 12.1 Å². The van der Waals surface area contributed by atoms with Crippen molar-refractivity contribution in [2.75, 3.05) is 0 Å². The average Bonchev–Trinajstić information content (AvgIpc) is 2.22. The van der Waals surface area contributed by atoms with Crippen LogP contribution in [0.25, 0.3) is 0 Å². The van der Waals surface area contributed by atoms with Crippen molar-refractivity contribution >= 4 is 0 Å². The minimum absolute atomic E-state index is 0.200. The Morgan fingerprint density at radius 2 is 1.10 bits per heavy atom. The average molecular weight is 323 g/mol. The van der Waals surface area contributed by atoms with E-state index >= 15 is 0 Å². The summed E-state index contributed by atoms with van der Waals surface area (Å²) in [7, 11) is 0. The molecule has 0 N–H and O–H groups in total.